The molecule has 0 aliphatic rings. The van der Waals surface area contributed by atoms with Gasteiger partial charge in [0.1, 0.15) is 0 Å². The Morgan fingerprint density at radius 1 is 1.75 bits per heavy atom. The molecule has 0 aliphatic carbocycles. The molecule has 0 saturated carbocycles. The molecule has 0 rings (SSSR count). The van der Waals surface area contributed by atoms with Crippen LogP contribution in [0.3, 0.4) is 0 Å². The van der Waals surface area contributed by atoms with Crippen LogP contribution in [0.4, 0.5) is 0 Å². The Labute approximate surface area is 58.8 Å². The van der Waals surface area contributed by atoms with E-state index in [1.807, 2.05) is 19.3 Å². The van der Waals surface area contributed by atoms with Gasteiger partial charge in [-0.05, 0) is 13.2 Å². The molecule has 3 heteroatoms. The van der Waals surface area contributed by atoms with Crippen LogP contribution in [-0.4, -0.2) is 10.8 Å². The monoisotopic (exact) mass is 149 g/mol. The molecule has 0 radical (unpaired) electrons. The van der Waals surface area contributed by atoms with E-state index < -0.39 is 0 Å². The van der Waals surface area contributed by atoms with Crippen molar-refractivity contribution in [3.63, 3.8) is 0 Å². The van der Waals surface area contributed by atoms with Gasteiger partial charge < -0.3 is 0 Å². The Kier molecular flexibility index (Phi) is 5.22. The van der Waals surface area contributed by atoms with Gasteiger partial charge in [0.2, 0.25) is 0 Å². The molecule has 0 bridgehead atoms. The smallest absolute Gasteiger partial charge is 0.162 e. The summed E-state index contributed by atoms with van der Waals surface area (Å²) in [7, 11) is 0. The minimum Gasteiger partial charge on any atom is -0.238 e. The quantitative estimate of drug-likeness (QED) is 0.412. The minimum absolute atomic E-state index is 0.572. The number of hydrogen-bond acceptors (Lipinski definition) is 2. The highest BCUT2D eigenvalue weighted by Gasteiger charge is 1.81. The standard InChI is InChI=1S/C5H8ClNS/c1-3-4-7-5(6)8-2/h3-4H,1-2H3/b4-3+,7-5?. The number of allylic oxidation sites excluding steroid dienone is 1. The summed E-state index contributed by atoms with van der Waals surface area (Å²) in [5, 5.41) is 0. The van der Waals surface area contributed by atoms with Crippen LogP contribution < -0.4 is 0 Å². The Morgan fingerprint density at radius 3 is 2.75 bits per heavy atom. The molecule has 0 unspecified atom stereocenters. The molecule has 0 aromatic heterocycles. The second kappa shape index (κ2) is 5.19. The van der Waals surface area contributed by atoms with Crippen LogP contribution in [0.1, 0.15) is 6.92 Å². The Hall–Kier alpha value is 0.0500. The van der Waals surface area contributed by atoms with Crippen molar-refractivity contribution < 1.29 is 0 Å². The third-order valence-corrected chi connectivity index (χ3v) is 1.50. The molecule has 46 valence electrons. The van der Waals surface area contributed by atoms with Gasteiger partial charge in [0.15, 0.2) is 4.50 Å². The van der Waals surface area contributed by atoms with E-state index in [0.29, 0.717) is 4.50 Å². The van der Waals surface area contributed by atoms with Crippen molar-refractivity contribution in [1.82, 2.24) is 0 Å². The molecule has 0 aromatic rings. The van der Waals surface area contributed by atoms with Gasteiger partial charge in [0.05, 0.1) is 0 Å². The number of hydrogen-bond donors (Lipinski definition) is 0. The second-order valence-electron chi connectivity index (χ2n) is 1.07. The van der Waals surface area contributed by atoms with E-state index in [1.54, 1.807) is 6.20 Å². The van der Waals surface area contributed by atoms with Crippen LogP contribution in [0.2, 0.25) is 0 Å². The third-order valence-electron chi connectivity index (χ3n) is 0.494. The van der Waals surface area contributed by atoms with Crippen molar-refractivity contribution in [3.05, 3.63) is 12.3 Å². The molecule has 8 heavy (non-hydrogen) atoms. The molecule has 0 N–H and O–H groups in total. The van der Waals surface area contributed by atoms with Gasteiger partial charge in [-0.15, -0.1) is 0 Å². The van der Waals surface area contributed by atoms with Crippen molar-refractivity contribution in [2.24, 2.45) is 4.99 Å². The maximum atomic E-state index is 5.51. The first-order valence-corrected chi connectivity index (χ1v) is 3.80. The highest BCUT2D eigenvalue weighted by Crippen LogP contribution is 2.01. The zero-order chi connectivity index (χ0) is 6.41. The highest BCUT2D eigenvalue weighted by atomic mass is 35.5. The summed E-state index contributed by atoms with van der Waals surface area (Å²) >= 11 is 6.93. The lowest BCUT2D eigenvalue weighted by molar-refractivity contribution is 1.55. The summed E-state index contributed by atoms with van der Waals surface area (Å²) in [5.74, 6) is 0. The van der Waals surface area contributed by atoms with Crippen LogP contribution >= 0.6 is 23.4 Å². The van der Waals surface area contributed by atoms with Crippen molar-refractivity contribution >= 4 is 27.9 Å². The molecular formula is C5H8ClNS. The van der Waals surface area contributed by atoms with E-state index in [1.165, 1.54) is 11.8 Å². The molecule has 0 fully saturated rings. The topological polar surface area (TPSA) is 12.4 Å². The summed E-state index contributed by atoms with van der Waals surface area (Å²) in [5.41, 5.74) is 0. The maximum absolute atomic E-state index is 5.51. The molecule has 0 saturated heterocycles. The normalized spacial score (nSPS) is 13.1. The highest BCUT2D eigenvalue weighted by molar-refractivity contribution is 8.16. The fraction of sp³-hybridized carbons (Fsp3) is 0.400. The average Bonchev–Trinajstić information content (AvgIpc) is 1.83. The Bertz CT molecular complexity index is 109. The van der Waals surface area contributed by atoms with Crippen molar-refractivity contribution in [1.29, 1.82) is 0 Å². The second-order valence-corrected chi connectivity index (χ2v) is 2.45. The van der Waals surface area contributed by atoms with Gasteiger partial charge in [0.25, 0.3) is 0 Å². The SMILES string of the molecule is C/C=C/N=C(Cl)SC. The third kappa shape index (κ3) is 4.22. The average molecular weight is 150 g/mol. The lowest BCUT2D eigenvalue weighted by Crippen LogP contribution is -1.70. The van der Waals surface area contributed by atoms with E-state index in [0.717, 1.165) is 0 Å². The number of aliphatic imine (C=N–C) groups is 1. The zero-order valence-electron chi connectivity index (χ0n) is 4.89. The first kappa shape index (κ1) is 8.05. The van der Waals surface area contributed by atoms with Crippen LogP contribution in [-0.2, 0) is 0 Å². The van der Waals surface area contributed by atoms with Crippen LogP contribution in [0.5, 0.6) is 0 Å². The minimum atomic E-state index is 0.572. The summed E-state index contributed by atoms with van der Waals surface area (Å²) in [6, 6.07) is 0. The van der Waals surface area contributed by atoms with Gasteiger partial charge in [-0.2, -0.15) is 0 Å². The number of nitrogens with zero attached hydrogens (tertiary/aromatic N) is 1. The zero-order valence-corrected chi connectivity index (χ0v) is 6.46. The molecule has 1 nitrogen and oxygen atoms in total. The molecule has 0 atom stereocenters. The molecule has 0 spiro atoms. The molecular weight excluding hydrogens is 142 g/mol. The number of halogens is 1. The van der Waals surface area contributed by atoms with Gasteiger partial charge >= 0.3 is 0 Å². The van der Waals surface area contributed by atoms with Crippen molar-refractivity contribution in [3.8, 4) is 0 Å². The van der Waals surface area contributed by atoms with E-state index in [-0.39, 0.29) is 0 Å². The largest absolute Gasteiger partial charge is 0.238 e. The van der Waals surface area contributed by atoms with Gasteiger partial charge in [0, 0.05) is 6.20 Å². The molecule has 0 heterocycles. The predicted molar refractivity (Wildman–Crippen MR) is 41.6 cm³/mol. The van der Waals surface area contributed by atoms with Gasteiger partial charge in [-0.1, -0.05) is 29.4 Å². The maximum Gasteiger partial charge on any atom is 0.162 e. The van der Waals surface area contributed by atoms with E-state index in [9.17, 15) is 0 Å². The van der Waals surface area contributed by atoms with E-state index in [2.05, 4.69) is 4.99 Å². The first-order chi connectivity index (χ1) is 3.81. The lowest BCUT2D eigenvalue weighted by Gasteiger charge is -1.82. The number of rotatable bonds is 1. The summed E-state index contributed by atoms with van der Waals surface area (Å²) in [4.78, 5) is 3.83. The molecule has 0 aromatic carbocycles. The van der Waals surface area contributed by atoms with Crippen molar-refractivity contribution in [2.45, 2.75) is 6.92 Å². The lowest BCUT2D eigenvalue weighted by atomic mass is 10.7. The van der Waals surface area contributed by atoms with E-state index >= 15 is 0 Å². The Morgan fingerprint density at radius 2 is 2.38 bits per heavy atom. The fourth-order valence-electron chi connectivity index (χ4n) is 0.186. The van der Waals surface area contributed by atoms with Gasteiger partial charge in [-0.3, -0.25) is 0 Å². The van der Waals surface area contributed by atoms with Crippen LogP contribution in [0.15, 0.2) is 17.3 Å². The fourth-order valence-corrected chi connectivity index (χ4v) is 0.408. The predicted octanol–water partition coefficient (Wildman–Crippen LogP) is 2.48. The molecule has 0 amide bonds. The van der Waals surface area contributed by atoms with Gasteiger partial charge in [-0.25, -0.2) is 4.99 Å². The first-order valence-electron chi connectivity index (χ1n) is 2.19. The summed E-state index contributed by atoms with van der Waals surface area (Å²) in [6.45, 7) is 1.90. The molecule has 0 aliphatic heterocycles. The van der Waals surface area contributed by atoms with Crippen molar-refractivity contribution in [2.75, 3.05) is 6.26 Å². The number of thioether (sulfide) groups is 1. The summed E-state index contributed by atoms with van der Waals surface area (Å²) < 4.78 is 0.572. The van der Waals surface area contributed by atoms with Crippen LogP contribution in [0.25, 0.3) is 0 Å². The van der Waals surface area contributed by atoms with Crippen LogP contribution in [0, 0.1) is 0 Å². The van der Waals surface area contributed by atoms with E-state index in [4.69, 9.17) is 11.6 Å². The summed E-state index contributed by atoms with van der Waals surface area (Å²) in [6.07, 6.45) is 5.38. The Balaban J connectivity index is 3.57.